The first-order chi connectivity index (χ1) is 13.8. The van der Waals surface area contributed by atoms with Gasteiger partial charge in [-0.05, 0) is 42.3 Å². The molecular formula is C22H21N5O. The Balaban J connectivity index is 1.29. The van der Waals surface area contributed by atoms with Gasteiger partial charge in [0.25, 0.3) is 5.91 Å². The summed E-state index contributed by atoms with van der Waals surface area (Å²) in [5.41, 5.74) is 4.52. The molecule has 0 atom stereocenters. The van der Waals surface area contributed by atoms with Gasteiger partial charge in [-0.25, -0.2) is 4.98 Å². The van der Waals surface area contributed by atoms with Crippen molar-refractivity contribution in [3.63, 3.8) is 0 Å². The Morgan fingerprint density at radius 1 is 1.00 bits per heavy atom. The predicted octanol–water partition coefficient (Wildman–Crippen LogP) is 3.54. The molecule has 0 saturated carbocycles. The number of pyridine rings is 2. The van der Waals surface area contributed by atoms with Gasteiger partial charge in [0, 0.05) is 29.8 Å². The van der Waals surface area contributed by atoms with Crippen LogP contribution in [0.2, 0.25) is 0 Å². The molecule has 3 heterocycles. The van der Waals surface area contributed by atoms with Gasteiger partial charge in [0.15, 0.2) is 0 Å². The van der Waals surface area contributed by atoms with Crippen molar-refractivity contribution in [3.8, 4) is 0 Å². The lowest BCUT2D eigenvalue weighted by atomic mass is 10.1. The van der Waals surface area contributed by atoms with Gasteiger partial charge in [0.05, 0.1) is 24.1 Å². The summed E-state index contributed by atoms with van der Waals surface area (Å²) in [6.07, 6.45) is 6.34. The van der Waals surface area contributed by atoms with Crippen LogP contribution in [-0.4, -0.2) is 27.4 Å². The Morgan fingerprint density at radius 2 is 1.89 bits per heavy atom. The highest BCUT2D eigenvalue weighted by atomic mass is 16.1. The number of benzene rings is 1. The minimum atomic E-state index is -0.212. The van der Waals surface area contributed by atoms with Gasteiger partial charge in [0.1, 0.15) is 5.69 Å². The van der Waals surface area contributed by atoms with Crippen LogP contribution >= 0.6 is 0 Å². The van der Waals surface area contributed by atoms with E-state index in [-0.39, 0.29) is 5.91 Å². The Morgan fingerprint density at radius 3 is 2.71 bits per heavy atom. The Bertz CT molecular complexity index is 1060. The quantitative estimate of drug-likeness (QED) is 0.464. The second kappa shape index (κ2) is 8.35. The number of carbonyl (C=O) groups is 1. The molecule has 0 radical (unpaired) electrons. The van der Waals surface area contributed by atoms with Crippen molar-refractivity contribution >= 4 is 22.5 Å². The number of para-hydroxylation sites is 1. The van der Waals surface area contributed by atoms with Crippen molar-refractivity contribution in [1.82, 2.24) is 20.3 Å². The molecule has 0 fully saturated rings. The van der Waals surface area contributed by atoms with Crippen LogP contribution in [0.3, 0.4) is 0 Å². The normalized spacial score (nSPS) is 10.7. The number of hydrogen-bond acceptors (Lipinski definition) is 4. The van der Waals surface area contributed by atoms with Crippen LogP contribution in [0.15, 0.2) is 73.2 Å². The number of anilines is 1. The highest BCUT2D eigenvalue weighted by molar-refractivity contribution is 5.92. The van der Waals surface area contributed by atoms with E-state index in [1.807, 2.05) is 30.3 Å². The van der Waals surface area contributed by atoms with Crippen LogP contribution in [0.1, 0.15) is 21.7 Å². The lowest BCUT2D eigenvalue weighted by Crippen LogP contribution is -2.24. The van der Waals surface area contributed by atoms with Crippen molar-refractivity contribution in [2.45, 2.75) is 13.0 Å². The summed E-state index contributed by atoms with van der Waals surface area (Å²) in [7, 11) is 0. The number of amides is 1. The zero-order valence-corrected chi connectivity index (χ0v) is 15.4. The molecular weight excluding hydrogens is 350 g/mol. The fraction of sp³-hybridized carbons (Fsp3) is 0.136. The standard InChI is InChI=1S/C22H21N5O/c28-22(27-15-17-5-3-4-11-23-17)21-9-8-18(14-26-21)24-12-10-16-13-25-20-7-2-1-6-19(16)20/h1-9,11,13-14,24-25H,10,12,15H2,(H,27,28). The number of carbonyl (C=O) groups excluding carboxylic acids is 1. The molecule has 0 aliphatic carbocycles. The zero-order valence-electron chi connectivity index (χ0n) is 15.4. The third-order valence-corrected chi connectivity index (χ3v) is 4.55. The largest absolute Gasteiger partial charge is 0.383 e. The maximum absolute atomic E-state index is 12.2. The number of hydrogen-bond donors (Lipinski definition) is 3. The van der Waals surface area contributed by atoms with E-state index in [0.29, 0.717) is 12.2 Å². The number of H-pyrrole nitrogens is 1. The predicted molar refractivity (Wildman–Crippen MR) is 110 cm³/mol. The molecule has 4 rings (SSSR count). The van der Waals surface area contributed by atoms with E-state index < -0.39 is 0 Å². The summed E-state index contributed by atoms with van der Waals surface area (Å²) in [6.45, 7) is 1.17. The third-order valence-electron chi connectivity index (χ3n) is 4.55. The minimum absolute atomic E-state index is 0.212. The molecule has 0 unspecified atom stereocenters. The minimum Gasteiger partial charge on any atom is -0.383 e. The van der Waals surface area contributed by atoms with E-state index in [1.165, 1.54) is 10.9 Å². The van der Waals surface area contributed by atoms with Crippen molar-refractivity contribution in [2.24, 2.45) is 0 Å². The Hall–Kier alpha value is -3.67. The molecule has 0 saturated heterocycles. The molecule has 28 heavy (non-hydrogen) atoms. The van der Waals surface area contributed by atoms with Crippen molar-refractivity contribution in [3.05, 3.63) is 90.1 Å². The fourth-order valence-corrected chi connectivity index (χ4v) is 3.08. The van der Waals surface area contributed by atoms with Crippen molar-refractivity contribution in [2.75, 3.05) is 11.9 Å². The molecule has 3 N–H and O–H groups in total. The maximum atomic E-state index is 12.2. The van der Waals surface area contributed by atoms with Crippen LogP contribution in [0.4, 0.5) is 5.69 Å². The third kappa shape index (κ3) is 4.17. The monoisotopic (exact) mass is 371 g/mol. The SMILES string of the molecule is O=C(NCc1ccccn1)c1ccc(NCCc2c[nH]c3ccccc23)cn1. The molecule has 1 aromatic carbocycles. The van der Waals surface area contributed by atoms with E-state index in [1.54, 1.807) is 18.5 Å². The lowest BCUT2D eigenvalue weighted by Gasteiger charge is -2.07. The van der Waals surface area contributed by atoms with Gasteiger partial charge in [-0.3, -0.25) is 9.78 Å². The highest BCUT2D eigenvalue weighted by Gasteiger charge is 2.07. The molecule has 0 aliphatic rings. The lowest BCUT2D eigenvalue weighted by molar-refractivity contribution is 0.0945. The average molecular weight is 371 g/mol. The molecule has 4 aromatic rings. The molecule has 0 spiro atoms. The Labute approximate surface area is 163 Å². The van der Waals surface area contributed by atoms with Gasteiger partial charge < -0.3 is 15.6 Å². The number of nitrogens with zero attached hydrogens (tertiary/aromatic N) is 2. The summed E-state index contributed by atoms with van der Waals surface area (Å²) < 4.78 is 0. The second-order valence-corrected chi connectivity index (χ2v) is 6.47. The molecule has 6 nitrogen and oxygen atoms in total. The summed E-state index contributed by atoms with van der Waals surface area (Å²) in [4.78, 5) is 23.9. The smallest absolute Gasteiger partial charge is 0.270 e. The van der Waals surface area contributed by atoms with Crippen molar-refractivity contribution in [1.29, 1.82) is 0 Å². The zero-order chi connectivity index (χ0) is 19.2. The van der Waals surface area contributed by atoms with Gasteiger partial charge in [0.2, 0.25) is 0 Å². The average Bonchev–Trinajstić information content (AvgIpc) is 3.16. The van der Waals surface area contributed by atoms with E-state index in [0.717, 1.165) is 29.9 Å². The van der Waals surface area contributed by atoms with Crippen LogP contribution < -0.4 is 10.6 Å². The number of rotatable bonds is 7. The summed E-state index contributed by atoms with van der Waals surface area (Å²) in [5.74, 6) is -0.212. The van der Waals surface area contributed by atoms with Crippen LogP contribution in [0.25, 0.3) is 10.9 Å². The van der Waals surface area contributed by atoms with Gasteiger partial charge in [-0.15, -0.1) is 0 Å². The first-order valence-electron chi connectivity index (χ1n) is 9.22. The number of fused-ring (bicyclic) bond motifs is 1. The first-order valence-corrected chi connectivity index (χ1v) is 9.22. The maximum Gasteiger partial charge on any atom is 0.270 e. The fourth-order valence-electron chi connectivity index (χ4n) is 3.08. The number of aromatic amines is 1. The van der Waals surface area contributed by atoms with E-state index in [9.17, 15) is 4.79 Å². The van der Waals surface area contributed by atoms with Gasteiger partial charge in [-0.1, -0.05) is 24.3 Å². The number of aromatic nitrogens is 3. The topological polar surface area (TPSA) is 82.7 Å². The molecule has 3 aromatic heterocycles. The number of nitrogens with one attached hydrogen (secondary N) is 3. The van der Waals surface area contributed by atoms with E-state index in [4.69, 9.17) is 0 Å². The Kier molecular flexibility index (Phi) is 5.29. The van der Waals surface area contributed by atoms with Crippen LogP contribution in [0.5, 0.6) is 0 Å². The first kappa shape index (κ1) is 17.7. The molecule has 0 bridgehead atoms. The molecule has 6 heteroatoms. The van der Waals surface area contributed by atoms with Gasteiger partial charge >= 0.3 is 0 Å². The molecule has 140 valence electrons. The molecule has 0 aliphatic heterocycles. The summed E-state index contributed by atoms with van der Waals surface area (Å²) >= 11 is 0. The summed E-state index contributed by atoms with van der Waals surface area (Å²) in [5, 5.41) is 7.43. The van der Waals surface area contributed by atoms with Gasteiger partial charge in [-0.2, -0.15) is 0 Å². The molecule has 1 amide bonds. The van der Waals surface area contributed by atoms with Crippen molar-refractivity contribution < 1.29 is 4.79 Å². The van der Waals surface area contributed by atoms with Crippen LogP contribution in [0, 0.1) is 0 Å². The highest BCUT2D eigenvalue weighted by Crippen LogP contribution is 2.18. The second-order valence-electron chi connectivity index (χ2n) is 6.47. The summed E-state index contributed by atoms with van der Waals surface area (Å²) in [6, 6.07) is 17.5. The van der Waals surface area contributed by atoms with E-state index >= 15 is 0 Å². The van der Waals surface area contributed by atoms with E-state index in [2.05, 4.69) is 50.0 Å². The van der Waals surface area contributed by atoms with Crippen LogP contribution in [-0.2, 0) is 13.0 Å².